The fraction of sp³-hybridized carbons (Fsp3) is 0.963. The maximum atomic E-state index is 12.2. The van der Waals surface area contributed by atoms with Crippen LogP contribution in [0.3, 0.4) is 0 Å². The van der Waals surface area contributed by atoms with Crippen molar-refractivity contribution in [3.63, 3.8) is 0 Å². The van der Waals surface area contributed by atoms with Crippen LogP contribution < -0.4 is 0 Å². The standard InChI is InChI=1S/C27H46O3/c1-5-18-24-14-17(28)7-8-21(24)23-12-10-20-19(9-11-22(20)26(23)27(18)30)16(4)6-13-25(29)15(2)3/h15-24,26-28,30H,5-14H2,1-4H3. The van der Waals surface area contributed by atoms with E-state index in [-0.39, 0.29) is 18.1 Å². The molecule has 4 rings (SSSR count). The Morgan fingerprint density at radius 2 is 1.50 bits per heavy atom. The number of Topliss-reactive ketones (excluding diaryl/α,β-unsaturated/α-hetero) is 1. The van der Waals surface area contributed by atoms with Crippen molar-refractivity contribution in [1.82, 2.24) is 0 Å². The second kappa shape index (κ2) is 9.22. The average molecular weight is 419 g/mol. The summed E-state index contributed by atoms with van der Waals surface area (Å²) < 4.78 is 0. The zero-order valence-corrected chi connectivity index (χ0v) is 19.8. The van der Waals surface area contributed by atoms with Crippen molar-refractivity contribution in [2.75, 3.05) is 0 Å². The number of aliphatic hydroxyl groups excluding tert-OH is 2. The van der Waals surface area contributed by atoms with Crippen molar-refractivity contribution in [1.29, 1.82) is 0 Å². The van der Waals surface area contributed by atoms with Crippen molar-refractivity contribution in [2.45, 2.75) is 104 Å². The Labute approximate surface area is 184 Å². The summed E-state index contributed by atoms with van der Waals surface area (Å²) >= 11 is 0. The van der Waals surface area contributed by atoms with E-state index in [1.165, 1.54) is 32.1 Å². The monoisotopic (exact) mass is 418 g/mol. The summed E-state index contributed by atoms with van der Waals surface area (Å²) in [5.41, 5.74) is 0. The van der Waals surface area contributed by atoms with Gasteiger partial charge in [0.25, 0.3) is 0 Å². The molecule has 172 valence electrons. The predicted molar refractivity (Wildman–Crippen MR) is 121 cm³/mol. The van der Waals surface area contributed by atoms with Crippen LogP contribution in [-0.2, 0) is 4.79 Å². The Morgan fingerprint density at radius 3 is 2.20 bits per heavy atom. The zero-order chi connectivity index (χ0) is 21.6. The highest BCUT2D eigenvalue weighted by atomic mass is 16.3. The summed E-state index contributed by atoms with van der Waals surface area (Å²) in [5, 5.41) is 21.9. The summed E-state index contributed by atoms with van der Waals surface area (Å²) in [5.74, 6) is 6.20. The molecule has 0 spiro atoms. The number of carbonyl (C=O) groups excluding carboxylic acids is 1. The van der Waals surface area contributed by atoms with Crippen molar-refractivity contribution in [2.24, 2.45) is 59.2 Å². The largest absolute Gasteiger partial charge is 0.393 e. The first-order valence-electron chi connectivity index (χ1n) is 13.2. The predicted octanol–water partition coefficient (Wildman–Crippen LogP) is 5.47. The van der Waals surface area contributed by atoms with Crippen molar-refractivity contribution >= 4 is 5.78 Å². The maximum absolute atomic E-state index is 12.2. The molecule has 0 aromatic carbocycles. The van der Waals surface area contributed by atoms with E-state index in [1.54, 1.807) is 0 Å². The van der Waals surface area contributed by atoms with Gasteiger partial charge in [0.05, 0.1) is 12.2 Å². The van der Waals surface area contributed by atoms with E-state index >= 15 is 0 Å². The molecule has 4 aliphatic rings. The first-order valence-corrected chi connectivity index (χ1v) is 13.2. The molecule has 11 unspecified atom stereocenters. The number of ketones is 1. The van der Waals surface area contributed by atoms with Crippen molar-refractivity contribution in [3.05, 3.63) is 0 Å². The van der Waals surface area contributed by atoms with Crippen LogP contribution in [0.4, 0.5) is 0 Å². The molecule has 0 radical (unpaired) electrons. The molecule has 3 heteroatoms. The van der Waals surface area contributed by atoms with Crippen LogP contribution in [0, 0.1) is 59.2 Å². The lowest BCUT2D eigenvalue weighted by Gasteiger charge is -2.58. The molecule has 0 amide bonds. The molecule has 2 N–H and O–H groups in total. The highest BCUT2D eigenvalue weighted by Crippen LogP contribution is 2.61. The quantitative estimate of drug-likeness (QED) is 0.601. The van der Waals surface area contributed by atoms with E-state index in [0.717, 1.165) is 49.9 Å². The lowest BCUT2D eigenvalue weighted by Crippen LogP contribution is -2.56. The molecular formula is C27H46O3. The number of rotatable bonds is 6. The Hall–Kier alpha value is -0.410. The van der Waals surface area contributed by atoms with Gasteiger partial charge in [0.15, 0.2) is 0 Å². The summed E-state index contributed by atoms with van der Waals surface area (Å²) in [6.07, 6.45) is 10.8. The molecule has 3 nitrogen and oxygen atoms in total. The molecule has 30 heavy (non-hydrogen) atoms. The van der Waals surface area contributed by atoms with E-state index < -0.39 is 0 Å². The van der Waals surface area contributed by atoms with Crippen LogP contribution >= 0.6 is 0 Å². The number of fused-ring (bicyclic) bond motifs is 5. The van der Waals surface area contributed by atoms with Gasteiger partial charge >= 0.3 is 0 Å². The minimum Gasteiger partial charge on any atom is -0.393 e. The van der Waals surface area contributed by atoms with Crippen LogP contribution in [0.15, 0.2) is 0 Å². The fourth-order valence-electron chi connectivity index (χ4n) is 8.83. The van der Waals surface area contributed by atoms with Crippen LogP contribution in [-0.4, -0.2) is 28.2 Å². The molecule has 0 saturated heterocycles. The van der Waals surface area contributed by atoms with Crippen LogP contribution in [0.5, 0.6) is 0 Å². The normalized spacial score (nSPS) is 46.8. The number of aliphatic hydroxyl groups is 2. The lowest BCUT2D eigenvalue weighted by molar-refractivity contribution is -0.151. The summed E-state index contributed by atoms with van der Waals surface area (Å²) in [6.45, 7) is 8.67. The van der Waals surface area contributed by atoms with E-state index in [0.29, 0.717) is 41.3 Å². The van der Waals surface area contributed by atoms with Gasteiger partial charge in [0.1, 0.15) is 5.78 Å². The Morgan fingerprint density at radius 1 is 0.867 bits per heavy atom. The molecule has 0 bridgehead atoms. The molecule has 4 aliphatic carbocycles. The fourth-order valence-corrected chi connectivity index (χ4v) is 8.83. The van der Waals surface area contributed by atoms with Gasteiger partial charge in [-0.15, -0.1) is 0 Å². The van der Waals surface area contributed by atoms with E-state index in [1.807, 2.05) is 13.8 Å². The molecule has 0 heterocycles. The molecule has 0 aromatic heterocycles. The van der Waals surface area contributed by atoms with Gasteiger partial charge in [-0.1, -0.05) is 34.1 Å². The van der Waals surface area contributed by atoms with E-state index in [2.05, 4.69) is 13.8 Å². The van der Waals surface area contributed by atoms with Gasteiger partial charge < -0.3 is 10.2 Å². The summed E-state index contributed by atoms with van der Waals surface area (Å²) in [4.78, 5) is 12.2. The SMILES string of the molecule is CCC1C(O)C2C3CCC(C(C)CCC(=O)C(C)C)C3CCC2C2CCC(O)CC12. The Balaban J connectivity index is 1.47. The van der Waals surface area contributed by atoms with E-state index in [9.17, 15) is 15.0 Å². The topological polar surface area (TPSA) is 57.5 Å². The van der Waals surface area contributed by atoms with Gasteiger partial charge in [-0.05, 0) is 105 Å². The third-order valence-electron chi connectivity index (χ3n) is 10.3. The van der Waals surface area contributed by atoms with Gasteiger partial charge in [-0.25, -0.2) is 0 Å². The highest BCUT2D eigenvalue weighted by Gasteiger charge is 2.57. The van der Waals surface area contributed by atoms with Gasteiger partial charge in [0, 0.05) is 12.3 Å². The van der Waals surface area contributed by atoms with Crippen LogP contribution in [0.2, 0.25) is 0 Å². The number of hydrogen-bond donors (Lipinski definition) is 2. The molecule has 4 saturated carbocycles. The minimum absolute atomic E-state index is 0.148. The van der Waals surface area contributed by atoms with E-state index in [4.69, 9.17) is 0 Å². The van der Waals surface area contributed by atoms with Gasteiger partial charge in [-0.3, -0.25) is 4.79 Å². The smallest absolute Gasteiger partial charge is 0.135 e. The number of hydrogen-bond acceptors (Lipinski definition) is 3. The van der Waals surface area contributed by atoms with Gasteiger partial charge in [0.2, 0.25) is 0 Å². The van der Waals surface area contributed by atoms with Crippen molar-refractivity contribution in [3.8, 4) is 0 Å². The molecule has 4 fully saturated rings. The second-order valence-corrected chi connectivity index (χ2v) is 11.9. The van der Waals surface area contributed by atoms with Crippen LogP contribution in [0.1, 0.15) is 91.9 Å². The van der Waals surface area contributed by atoms with Crippen LogP contribution in [0.25, 0.3) is 0 Å². The summed E-state index contributed by atoms with van der Waals surface area (Å²) in [6, 6.07) is 0. The third kappa shape index (κ3) is 4.03. The van der Waals surface area contributed by atoms with Crippen molar-refractivity contribution < 1.29 is 15.0 Å². The molecule has 0 aromatic rings. The lowest BCUT2D eigenvalue weighted by atomic mass is 9.49. The first kappa shape index (κ1) is 22.8. The maximum Gasteiger partial charge on any atom is 0.135 e. The van der Waals surface area contributed by atoms with Gasteiger partial charge in [-0.2, -0.15) is 0 Å². The Bertz CT molecular complexity index is 601. The summed E-state index contributed by atoms with van der Waals surface area (Å²) in [7, 11) is 0. The molecular weight excluding hydrogens is 372 g/mol. The number of carbonyl (C=O) groups is 1. The zero-order valence-electron chi connectivity index (χ0n) is 19.8. The Kier molecular flexibility index (Phi) is 7.00. The molecule has 11 atom stereocenters. The highest BCUT2D eigenvalue weighted by molar-refractivity contribution is 5.80. The second-order valence-electron chi connectivity index (χ2n) is 11.9. The minimum atomic E-state index is -0.170. The third-order valence-corrected chi connectivity index (χ3v) is 10.3. The first-order chi connectivity index (χ1) is 14.3. The molecule has 0 aliphatic heterocycles. The average Bonchev–Trinajstić information content (AvgIpc) is 3.15.